The van der Waals surface area contributed by atoms with Crippen LogP contribution in [-0.4, -0.2) is 56.8 Å². The molecule has 1 aliphatic carbocycles. The van der Waals surface area contributed by atoms with E-state index in [1.54, 1.807) is 0 Å². The molecule has 196 valence electrons. The first-order chi connectivity index (χ1) is 18.3. The van der Waals surface area contributed by atoms with E-state index < -0.39 is 8.07 Å². The maximum Gasteiger partial charge on any atom is 0.410 e. The molecule has 3 aliphatic rings. The van der Waals surface area contributed by atoms with Gasteiger partial charge in [-0.25, -0.2) is 4.79 Å². The van der Waals surface area contributed by atoms with Gasteiger partial charge in [0.1, 0.15) is 6.61 Å². The molecule has 0 spiro atoms. The molecule has 2 unspecified atom stereocenters. The molecule has 38 heavy (non-hydrogen) atoms. The molecule has 2 atom stereocenters. The van der Waals surface area contributed by atoms with Gasteiger partial charge in [-0.1, -0.05) is 97.6 Å². The van der Waals surface area contributed by atoms with Gasteiger partial charge in [-0.2, -0.15) is 0 Å². The Hall–Kier alpha value is -3.22. The highest BCUT2D eigenvalue weighted by Gasteiger charge is 2.45. The minimum absolute atomic E-state index is 0.0284. The third-order valence-corrected chi connectivity index (χ3v) is 10.5. The number of nitrogens with zero attached hydrogens (tertiary/aromatic N) is 1. The highest BCUT2D eigenvalue weighted by molar-refractivity contribution is 6.88. The van der Waals surface area contributed by atoms with Gasteiger partial charge in [-0.15, -0.1) is 0 Å². The third kappa shape index (κ3) is 4.50. The normalized spacial score (nSPS) is 22.5. The first-order valence-electron chi connectivity index (χ1n) is 13.7. The van der Waals surface area contributed by atoms with Gasteiger partial charge in [0.2, 0.25) is 0 Å². The number of benzene rings is 3. The number of hydrogen-bond acceptors (Lipinski definition) is 4. The molecule has 0 aromatic heterocycles. The molecule has 0 radical (unpaired) electrons. The minimum atomic E-state index is -1.41. The summed E-state index contributed by atoms with van der Waals surface area (Å²) in [5.41, 5.74) is 5.60. The number of amides is 1. The Morgan fingerprint density at radius 3 is 1.95 bits per heavy atom. The van der Waals surface area contributed by atoms with Crippen molar-refractivity contribution in [1.82, 2.24) is 4.90 Å². The summed E-state index contributed by atoms with van der Waals surface area (Å²) in [5, 5.41) is 1.35. The summed E-state index contributed by atoms with van der Waals surface area (Å²) in [6, 6.07) is 24.6. The molecule has 2 aliphatic heterocycles. The third-order valence-electron chi connectivity index (χ3n) is 8.47. The highest BCUT2D eigenvalue weighted by Crippen LogP contribution is 2.44. The van der Waals surface area contributed by atoms with Crippen molar-refractivity contribution in [2.45, 2.75) is 50.5 Å². The molecular formula is C32H35NO4Si. The zero-order chi connectivity index (χ0) is 26.4. The SMILES string of the molecule is C[Si](C)(C)c1ccc(C(=O)C2CC3COCC(C2)N3C(=O)OCC2c3ccccc3-c3ccccc32)cc1. The van der Waals surface area contributed by atoms with Crippen molar-refractivity contribution < 1.29 is 19.1 Å². The summed E-state index contributed by atoms with van der Waals surface area (Å²) in [5.74, 6) is 0.0983. The number of carbonyl (C=O) groups excluding carboxylic acids is 2. The van der Waals surface area contributed by atoms with Crippen LogP contribution in [0.5, 0.6) is 0 Å². The van der Waals surface area contributed by atoms with E-state index in [0.717, 1.165) is 5.56 Å². The number of Topliss-reactive ketones (excluding diaryl/α,β-unsaturated/α-hetero) is 1. The van der Waals surface area contributed by atoms with Crippen LogP contribution in [0.4, 0.5) is 4.79 Å². The van der Waals surface area contributed by atoms with Gasteiger partial charge >= 0.3 is 6.09 Å². The Morgan fingerprint density at radius 1 is 0.842 bits per heavy atom. The fourth-order valence-corrected chi connectivity index (χ4v) is 7.63. The molecule has 0 saturated carbocycles. The predicted octanol–water partition coefficient (Wildman–Crippen LogP) is 5.84. The van der Waals surface area contributed by atoms with Gasteiger partial charge < -0.3 is 9.47 Å². The largest absolute Gasteiger partial charge is 0.448 e. The molecule has 1 amide bonds. The second kappa shape index (κ2) is 9.82. The molecule has 6 rings (SSSR count). The average molecular weight is 526 g/mol. The topological polar surface area (TPSA) is 55.8 Å². The Morgan fingerprint density at radius 2 is 1.39 bits per heavy atom. The maximum absolute atomic E-state index is 13.4. The lowest BCUT2D eigenvalue weighted by molar-refractivity contribution is -0.0747. The van der Waals surface area contributed by atoms with Crippen LogP contribution in [0.1, 0.15) is 40.2 Å². The van der Waals surface area contributed by atoms with E-state index in [9.17, 15) is 9.59 Å². The smallest absolute Gasteiger partial charge is 0.410 e. The standard InChI is InChI=1S/C32H35NO4Si/c1-38(2,3)25-14-12-21(13-15-25)31(34)22-16-23-18-36-19-24(17-22)33(23)32(35)37-20-30-28-10-6-4-8-26(28)27-9-5-7-11-29(27)30/h4-15,22-24,30H,16-20H2,1-3H3. The Balaban J connectivity index is 1.14. The second-order valence-electron chi connectivity index (χ2n) is 11.9. The van der Waals surface area contributed by atoms with Crippen molar-refractivity contribution in [3.8, 4) is 11.1 Å². The first-order valence-corrected chi connectivity index (χ1v) is 17.2. The molecular weight excluding hydrogens is 490 g/mol. The summed E-state index contributed by atoms with van der Waals surface area (Å²) in [4.78, 5) is 28.7. The van der Waals surface area contributed by atoms with Crippen LogP contribution >= 0.6 is 0 Å². The van der Waals surface area contributed by atoms with Crippen LogP contribution in [0.2, 0.25) is 19.6 Å². The Kier molecular flexibility index (Phi) is 6.48. The molecule has 2 bridgehead atoms. The molecule has 0 N–H and O–H groups in total. The molecule has 2 fully saturated rings. The lowest BCUT2D eigenvalue weighted by atomic mass is 9.81. The second-order valence-corrected chi connectivity index (χ2v) is 17.0. The van der Waals surface area contributed by atoms with E-state index in [-0.39, 0.29) is 35.8 Å². The fraction of sp³-hybridized carbons (Fsp3) is 0.375. The monoisotopic (exact) mass is 525 g/mol. The number of piperidine rings is 1. The summed E-state index contributed by atoms with van der Waals surface area (Å²) >= 11 is 0. The lowest BCUT2D eigenvalue weighted by Crippen LogP contribution is -2.60. The van der Waals surface area contributed by atoms with E-state index >= 15 is 0 Å². The van der Waals surface area contributed by atoms with Crippen molar-refractivity contribution in [3.05, 3.63) is 89.5 Å². The van der Waals surface area contributed by atoms with Crippen LogP contribution in [0.25, 0.3) is 11.1 Å². The number of fused-ring (bicyclic) bond motifs is 5. The molecule has 3 aromatic rings. The summed E-state index contributed by atoms with van der Waals surface area (Å²) in [7, 11) is -1.41. The van der Waals surface area contributed by atoms with Crippen LogP contribution in [0.3, 0.4) is 0 Å². The van der Waals surface area contributed by atoms with Crippen molar-refractivity contribution in [1.29, 1.82) is 0 Å². The molecule has 6 heteroatoms. The van der Waals surface area contributed by atoms with E-state index in [1.807, 2.05) is 29.2 Å². The van der Waals surface area contributed by atoms with Crippen LogP contribution in [0, 0.1) is 5.92 Å². The number of morpholine rings is 1. The van der Waals surface area contributed by atoms with Crippen molar-refractivity contribution in [2.75, 3.05) is 19.8 Å². The van der Waals surface area contributed by atoms with Crippen LogP contribution < -0.4 is 5.19 Å². The average Bonchev–Trinajstić information content (AvgIpc) is 3.24. The number of hydrogen-bond donors (Lipinski definition) is 0. The van der Waals surface area contributed by atoms with Gasteiger partial charge in [0.25, 0.3) is 0 Å². The first kappa shape index (κ1) is 25.1. The summed E-state index contributed by atoms with van der Waals surface area (Å²) in [6.07, 6.45) is 0.917. The predicted molar refractivity (Wildman–Crippen MR) is 152 cm³/mol. The number of ketones is 1. The molecule has 2 saturated heterocycles. The number of carbonyl (C=O) groups is 2. The van der Waals surface area contributed by atoms with Gasteiger partial charge in [-0.3, -0.25) is 9.69 Å². The lowest BCUT2D eigenvalue weighted by Gasteiger charge is -2.47. The van der Waals surface area contributed by atoms with Crippen molar-refractivity contribution >= 4 is 25.1 Å². The quantitative estimate of drug-likeness (QED) is 0.310. The van der Waals surface area contributed by atoms with Crippen molar-refractivity contribution in [2.24, 2.45) is 5.92 Å². The zero-order valence-electron chi connectivity index (χ0n) is 22.4. The number of ether oxygens (including phenoxy) is 2. The fourth-order valence-electron chi connectivity index (χ4n) is 6.47. The maximum atomic E-state index is 13.4. The van der Waals surface area contributed by atoms with E-state index in [0.29, 0.717) is 32.7 Å². The zero-order valence-corrected chi connectivity index (χ0v) is 23.4. The van der Waals surface area contributed by atoms with Crippen LogP contribution in [0.15, 0.2) is 72.8 Å². The van der Waals surface area contributed by atoms with Gasteiger partial charge in [0, 0.05) is 17.4 Å². The van der Waals surface area contributed by atoms with Gasteiger partial charge in [0.05, 0.1) is 33.4 Å². The minimum Gasteiger partial charge on any atom is -0.448 e. The summed E-state index contributed by atoms with van der Waals surface area (Å²) < 4.78 is 11.8. The Labute approximate surface area is 225 Å². The number of rotatable bonds is 5. The van der Waals surface area contributed by atoms with Gasteiger partial charge in [-0.05, 0) is 35.1 Å². The highest BCUT2D eigenvalue weighted by atomic mass is 28.3. The van der Waals surface area contributed by atoms with E-state index in [2.05, 4.69) is 68.2 Å². The molecule has 5 nitrogen and oxygen atoms in total. The molecule has 2 heterocycles. The van der Waals surface area contributed by atoms with E-state index in [1.165, 1.54) is 27.4 Å². The van der Waals surface area contributed by atoms with E-state index in [4.69, 9.17) is 9.47 Å². The Bertz CT molecular complexity index is 1300. The van der Waals surface area contributed by atoms with Crippen LogP contribution in [-0.2, 0) is 9.47 Å². The van der Waals surface area contributed by atoms with Gasteiger partial charge in [0.15, 0.2) is 5.78 Å². The summed E-state index contributed by atoms with van der Waals surface area (Å²) in [6.45, 7) is 8.12. The van der Waals surface area contributed by atoms with Crippen molar-refractivity contribution in [3.63, 3.8) is 0 Å². The molecule has 3 aromatic carbocycles.